The van der Waals surface area contributed by atoms with Crippen LogP contribution in [0.4, 0.5) is 0 Å². The number of likely N-dealkylation sites (tertiary alicyclic amines) is 1. The first-order chi connectivity index (χ1) is 18.8. The highest BCUT2D eigenvalue weighted by atomic mass is 16.5. The third-order valence-corrected chi connectivity index (χ3v) is 8.74. The number of hydrogen-bond donors (Lipinski definition) is 2. The molecule has 1 atom stereocenters. The van der Waals surface area contributed by atoms with Crippen molar-refractivity contribution in [2.75, 3.05) is 19.7 Å². The zero-order chi connectivity index (χ0) is 27.1. The Kier molecular flexibility index (Phi) is 6.88. The molecular weight excluding hydrogens is 490 g/mol. The van der Waals surface area contributed by atoms with E-state index in [9.17, 15) is 14.7 Å². The minimum absolute atomic E-state index is 0.166. The number of amides is 2. The van der Waals surface area contributed by atoms with E-state index in [4.69, 9.17) is 4.74 Å². The van der Waals surface area contributed by atoms with Crippen LogP contribution in [0, 0.1) is 0 Å². The van der Waals surface area contributed by atoms with Crippen LogP contribution in [0.2, 0.25) is 0 Å². The average molecular weight is 530 g/mol. The van der Waals surface area contributed by atoms with Gasteiger partial charge in [0.05, 0.1) is 18.3 Å². The summed E-state index contributed by atoms with van der Waals surface area (Å²) in [6.07, 6.45) is 7.10. The summed E-state index contributed by atoms with van der Waals surface area (Å²) in [6.45, 7) is 5.67. The van der Waals surface area contributed by atoms with Crippen LogP contribution in [-0.4, -0.2) is 57.7 Å². The molecule has 3 aliphatic rings. The predicted octanol–water partition coefficient (Wildman–Crippen LogP) is 5.24. The summed E-state index contributed by atoms with van der Waals surface area (Å²) < 4.78 is 8.50. The number of hydrogen-bond acceptors (Lipinski definition) is 4. The van der Waals surface area contributed by atoms with E-state index < -0.39 is 11.6 Å². The van der Waals surface area contributed by atoms with Gasteiger partial charge in [0.25, 0.3) is 5.91 Å². The quantitative estimate of drug-likeness (QED) is 0.484. The number of aliphatic hydroxyl groups is 1. The molecule has 1 unspecified atom stereocenters. The lowest BCUT2D eigenvalue weighted by Crippen LogP contribution is -2.58. The van der Waals surface area contributed by atoms with Gasteiger partial charge < -0.3 is 24.6 Å². The van der Waals surface area contributed by atoms with E-state index in [-0.39, 0.29) is 11.8 Å². The fourth-order valence-corrected chi connectivity index (χ4v) is 6.82. The number of carbonyl (C=O) groups is 2. The average Bonchev–Trinajstić information content (AvgIpc) is 3.14. The second-order valence-electron chi connectivity index (χ2n) is 12.0. The molecule has 1 saturated heterocycles. The molecule has 7 heteroatoms. The minimum Gasteiger partial charge on any atom is -0.491 e. The minimum atomic E-state index is -1.08. The fourth-order valence-electron chi connectivity index (χ4n) is 6.82. The number of aliphatic hydroxyl groups excluding tert-OH is 1. The molecule has 2 aromatic carbocycles. The van der Waals surface area contributed by atoms with Crippen molar-refractivity contribution >= 4 is 22.7 Å². The number of para-hydroxylation sites is 1. The topological polar surface area (TPSA) is 83.8 Å². The van der Waals surface area contributed by atoms with Crippen molar-refractivity contribution < 1.29 is 19.4 Å². The summed E-state index contributed by atoms with van der Waals surface area (Å²) in [5.74, 6) is 0.963. The van der Waals surface area contributed by atoms with Crippen molar-refractivity contribution in [3.05, 3.63) is 53.6 Å². The molecule has 1 saturated carbocycles. The monoisotopic (exact) mass is 529 g/mol. The standard InChI is InChI=1S/C32H39N3O4/c1-32(2,31(38)34-16-8-11-23(36)20-34)33-30(37)22-14-15-24-26(19-22)35-17-18-39-27-13-7-6-12-25(27)29(35)28(24)21-9-4-3-5-10-21/h6-7,12-15,19,21,23,36H,3-5,8-11,16-18,20H2,1-2H3,(H,33,37). The van der Waals surface area contributed by atoms with E-state index in [1.807, 2.05) is 24.3 Å². The molecule has 0 spiro atoms. The lowest BCUT2D eigenvalue weighted by Gasteiger charge is -2.36. The molecular formula is C32H39N3O4. The molecule has 3 heterocycles. The largest absolute Gasteiger partial charge is 0.491 e. The van der Waals surface area contributed by atoms with E-state index in [0.717, 1.165) is 23.3 Å². The molecule has 0 bridgehead atoms. The summed E-state index contributed by atoms with van der Waals surface area (Å²) in [6, 6.07) is 14.3. The Bertz CT molecular complexity index is 1400. The third kappa shape index (κ3) is 4.82. The molecule has 2 aliphatic heterocycles. The summed E-state index contributed by atoms with van der Waals surface area (Å²) in [7, 11) is 0. The van der Waals surface area contributed by atoms with Crippen LogP contribution in [0.3, 0.4) is 0 Å². The van der Waals surface area contributed by atoms with E-state index in [1.54, 1.807) is 18.7 Å². The number of β-amino-alcohol motifs (C(OH)–C–C–N with tert-alkyl or cyclic N) is 1. The molecule has 7 nitrogen and oxygen atoms in total. The number of benzene rings is 2. The fraction of sp³-hybridized carbons (Fsp3) is 0.500. The number of fused-ring (bicyclic) bond motifs is 5. The molecule has 1 aromatic heterocycles. The lowest BCUT2D eigenvalue weighted by atomic mass is 9.81. The number of rotatable bonds is 4. The van der Waals surface area contributed by atoms with Gasteiger partial charge in [-0.1, -0.05) is 37.5 Å². The number of piperidine rings is 1. The van der Waals surface area contributed by atoms with Gasteiger partial charge in [-0.2, -0.15) is 0 Å². The van der Waals surface area contributed by atoms with Gasteiger partial charge in [0, 0.05) is 35.1 Å². The van der Waals surface area contributed by atoms with Crippen LogP contribution >= 0.6 is 0 Å². The van der Waals surface area contributed by atoms with Gasteiger partial charge in [-0.05, 0) is 75.3 Å². The van der Waals surface area contributed by atoms with E-state index in [2.05, 4.69) is 28.1 Å². The molecule has 0 radical (unpaired) electrons. The SMILES string of the molecule is CC(C)(NC(=O)c1ccc2c(C3CCCCC3)c3n(c2c1)CCOc1ccccc1-3)C(=O)N1CCCC(O)C1. The van der Waals surface area contributed by atoms with Gasteiger partial charge in [-0.3, -0.25) is 9.59 Å². The van der Waals surface area contributed by atoms with Gasteiger partial charge in [0.2, 0.25) is 5.91 Å². The van der Waals surface area contributed by atoms with Crippen LogP contribution in [0.15, 0.2) is 42.5 Å². The van der Waals surface area contributed by atoms with Crippen LogP contribution in [-0.2, 0) is 11.3 Å². The number of aromatic nitrogens is 1. The summed E-state index contributed by atoms with van der Waals surface area (Å²) >= 11 is 0. The first-order valence-corrected chi connectivity index (χ1v) is 14.5. The van der Waals surface area contributed by atoms with Gasteiger partial charge >= 0.3 is 0 Å². The Morgan fingerprint density at radius 2 is 1.79 bits per heavy atom. The first-order valence-electron chi connectivity index (χ1n) is 14.5. The van der Waals surface area contributed by atoms with Crippen molar-refractivity contribution in [2.45, 2.75) is 82.9 Å². The van der Waals surface area contributed by atoms with E-state index in [0.29, 0.717) is 44.1 Å². The highest BCUT2D eigenvalue weighted by Gasteiger charge is 2.36. The molecule has 206 valence electrons. The zero-order valence-electron chi connectivity index (χ0n) is 23.0. The second-order valence-corrected chi connectivity index (χ2v) is 12.0. The van der Waals surface area contributed by atoms with Gasteiger partial charge in [-0.25, -0.2) is 0 Å². The summed E-state index contributed by atoms with van der Waals surface area (Å²) in [4.78, 5) is 28.5. The Labute approximate surface area is 230 Å². The Morgan fingerprint density at radius 1 is 1.00 bits per heavy atom. The second kappa shape index (κ2) is 10.3. The molecule has 6 rings (SSSR count). The number of nitrogens with zero attached hydrogens (tertiary/aromatic N) is 2. The molecule has 2 fully saturated rings. The lowest BCUT2D eigenvalue weighted by molar-refractivity contribution is -0.139. The molecule has 2 amide bonds. The van der Waals surface area contributed by atoms with Crippen LogP contribution < -0.4 is 10.1 Å². The Balaban J connectivity index is 1.37. The van der Waals surface area contributed by atoms with E-state index in [1.165, 1.54) is 48.7 Å². The normalized spacial score (nSPS) is 20.1. The van der Waals surface area contributed by atoms with Crippen molar-refractivity contribution in [2.24, 2.45) is 0 Å². The summed E-state index contributed by atoms with van der Waals surface area (Å²) in [5.41, 5.74) is 4.22. The first kappa shape index (κ1) is 25.9. The highest BCUT2D eigenvalue weighted by molar-refractivity contribution is 6.03. The maximum Gasteiger partial charge on any atom is 0.252 e. The van der Waals surface area contributed by atoms with Gasteiger partial charge in [0.1, 0.15) is 17.9 Å². The molecule has 1 aliphatic carbocycles. The third-order valence-electron chi connectivity index (χ3n) is 8.74. The zero-order valence-corrected chi connectivity index (χ0v) is 23.0. The number of ether oxygens (including phenoxy) is 1. The van der Waals surface area contributed by atoms with Crippen LogP contribution in [0.25, 0.3) is 22.2 Å². The Hall–Kier alpha value is -3.32. The van der Waals surface area contributed by atoms with Crippen molar-refractivity contribution in [3.8, 4) is 17.0 Å². The summed E-state index contributed by atoms with van der Waals surface area (Å²) in [5, 5.41) is 14.2. The van der Waals surface area contributed by atoms with Crippen molar-refractivity contribution in [3.63, 3.8) is 0 Å². The number of nitrogens with one attached hydrogen (secondary N) is 1. The van der Waals surface area contributed by atoms with E-state index >= 15 is 0 Å². The number of carbonyl (C=O) groups excluding carboxylic acids is 2. The maximum atomic E-state index is 13.5. The molecule has 2 N–H and O–H groups in total. The van der Waals surface area contributed by atoms with Gasteiger partial charge in [0.15, 0.2) is 0 Å². The van der Waals surface area contributed by atoms with Crippen molar-refractivity contribution in [1.29, 1.82) is 0 Å². The molecule has 3 aromatic rings. The highest BCUT2D eigenvalue weighted by Crippen LogP contribution is 2.47. The van der Waals surface area contributed by atoms with Crippen molar-refractivity contribution in [1.82, 2.24) is 14.8 Å². The van der Waals surface area contributed by atoms with Gasteiger partial charge in [-0.15, -0.1) is 0 Å². The van der Waals surface area contributed by atoms with Crippen LogP contribution in [0.5, 0.6) is 5.75 Å². The van der Waals surface area contributed by atoms with Crippen LogP contribution in [0.1, 0.15) is 80.6 Å². The predicted molar refractivity (Wildman–Crippen MR) is 152 cm³/mol. The molecule has 39 heavy (non-hydrogen) atoms. The smallest absolute Gasteiger partial charge is 0.252 e. The maximum absolute atomic E-state index is 13.5. The Morgan fingerprint density at radius 3 is 2.59 bits per heavy atom.